The Morgan fingerprint density at radius 2 is 1.58 bits per heavy atom. The number of halogens is 1. The Morgan fingerprint density at radius 1 is 0.968 bits per heavy atom. The summed E-state index contributed by atoms with van der Waals surface area (Å²) in [5.74, 6) is -2.01. The van der Waals surface area contributed by atoms with Crippen LogP contribution >= 0.6 is 22.6 Å². The van der Waals surface area contributed by atoms with Gasteiger partial charge in [0.25, 0.3) is 0 Å². The molecule has 0 spiro atoms. The van der Waals surface area contributed by atoms with Gasteiger partial charge in [0.1, 0.15) is 18.1 Å². The highest BCUT2D eigenvalue weighted by atomic mass is 127. The second-order valence-electron chi connectivity index (χ2n) is 7.33. The summed E-state index contributed by atoms with van der Waals surface area (Å²) in [6, 6.07) is 14.2. The molecule has 0 aliphatic carbocycles. The van der Waals surface area contributed by atoms with Gasteiger partial charge in [0.05, 0.1) is 6.42 Å². The highest BCUT2D eigenvalue weighted by Crippen LogP contribution is 2.14. The number of benzene rings is 2. The van der Waals surface area contributed by atoms with Crippen LogP contribution in [-0.4, -0.2) is 41.8 Å². The maximum Gasteiger partial charge on any atom is 0.243 e. The van der Waals surface area contributed by atoms with Crippen LogP contribution < -0.4 is 21.7 Å². The minimum atomic E-state index is -1.01. The summed E-state index contributed by atoms with van der Waals surface area (Å²) < 4.78 is 0.948. The molecule has 9 heteroatoms. The molecular weight excluding hydrogens is 511 g/mol. The lowest BCUT2D eigenvalue weighted by atomic mass is 10.0. The zero-order chi connectivity index (χ0) is 22.4. The van der Waals surface area contributed by atoms with Crippen LogP contribution in [0.1, 0.15) is 17.5 Å². The van der Waals surface area contributed by atoms with Gasteiger partial charge in [-0.1, -0.05) is 48.5 Å². The number of amides is 4. The van der Waals surface area contributed by atoms with Crippen molar-refractivity contribution in [2.24, 2.45) is 5.73 Å². The lowest BCUT2D eigenvalue weighted by Crippen LogP contribution is -2.63. The zero-order valence-electron chi connectivity index (χ0n) is 16.6. The first kappa shape index (κ1) is 22.7. The fraction of sp³-hybridized carbons (Fsp3) is 0.273. The predicted molar refractivity (Wildman–Crippen MR) is 123 cm³/mol. The Kier molecular flexibility index (Phi) is 7.61. The van der Waals surface area contributed by atoms with Crippen LogP contribution in [0.3, 0.4) is 0 Å². The second kappa shape index (κ2) is 10.4. The summed E-state index contributed by atoms with van der Waals surface area (Å²) in [4.78, 5) is 49.2. The number of hydrogen-bond donors (Lipinski definition) is 4. The summed E-state index contributed by atoms with van der Waals surface area (Å²) >= 11 is 2.14. The van der Waals surface area contributed by atoms with Crippen molar-refractivity contribution in [3.8, 4) is 0 Å². The van der Waals surface area contributed by atoms with Gasteiger partial charge >= 0.3 is 0 Å². The third kappa shape index (κ3) is 6.27. The molecule has 0 aromatic heterocycles. The van der Waals surface area contributed by atoms with Crippen molar-refractivity contribution in [2.75, 3.05) is 0 Å². The second-order valence-corrected chi connectivity index (χ2v) is 8.50. The smallest absolute Gasteiger partial charge is 0.243 e. The molecule has 1 saturated heterocycles. The van der Waals surface area contributed by atoms with Gasteiger partial charge in [-0.15, -0.1) is 0 Å². The summed E-state index contributed by atoms with van der Waals surface area (Å²) in [5.41, 5.74) is 7.24. The Hall–Kier alpha value is -2.95. The third-order valence-corrected chi connectivity index (χ3v) is 6.05. The molecule has 31 heavy (non-hydrogen) atoms. The fourth-order valence-electron chi connectivity index (χ4n) is 3.36. The number of nitrogens with two attached hydrogens (primary N) is 1. The molecule has 1 aliphatic heterocycles. The van der Waals surface area contributed by atoms with Crippen LogP contribution in [-0.2, 0) is 32.0 Å². The molecule has 3 rings (SSSR count). The summed E-state index contributed by atoms with van der Waals surface area (Å²) in [6.45, 7) is 0. The van der Waals surface area contributed by atoms with E-state index in [0.717, 1.165) is 14.7 Å². The maximum atomic E-state index is 12.5. The molecule has 4 amide bonds. The van der Waals surface area contributed by atoms with Gasteiger partial charge in [0.15, 0.2) is 0 Å². The van der Waals surface area contributed by atoms with E-state index in [1.165, 1.54) is 0 Å². The van der Waals surface area contributed by atoms with Crippen molar-refractivity contribution in [3.63, 3.8) is 0 Å². The molecular formula is C22H23IN4O4. The minimum absolute atomic E-state index is 0.239. The molecule has 162 valence electrons. The van der Waals surface area contributed by atoms with E-state index in [1.54, 1.807) is 0 Å². The normalized spacial score (nSPS) is 19.1. The van der Waals surface area contributed by atoms with Crippen molar-refractivity contribution in [2.45, 2.75) is 37.4 Å². The zero-order valence-corrected chi connectivity index (χ0v) is 18.8. The largest absolute Gasteiger partial charge is 0.368 e. The molecule has 3 atom stereocenters. The van der Waals surface area contributed by atoms with Gasteiger partial charge in [-0.2, -0.15) is 0 Å². The van der Waals surface area contributed by atoms with E-state index < -0.39 is 35.8 Å². The molecule has 5 N–H and O–H groups in total. The van der Waals surface area contributed by atoms with Crippen LogP contribution in [0.2, 0.25) is 0 Å². The number of carbonyl (C=O) groups excluding carboxylic acids is 4. The van der Waals surface area contributed by atoms with Crippen LogP contribution in [0.15, 0.2) is 54.6 Å². The van der Waals surface area contributed by atoms with E-state index >= 15 is 0 Å². The van der Waals surface area contributed by atoms with Crippen molar-refractivity contribution < 1.29 is 19.2 Å². The number of piperazine rings is 1. The van der Waals surface area contributed by atoms with E-state index in [2.05, 4.69) is 38.5 Å². The first-order chi connectivity index (χ1) is 14.8. The average molecular weight is 534 g/mol. The van der Waals surface area contributed by atoms with Gasteiger partial charge in [0, 0.05) is 16.4 Å². The van der Waals surface area contributed by atoms with Crippen LogP contribution in [0.25, 0.3) is 0 Å². The molecule has 0 saturated carbocycles. The number of hydrogen-bond acceptors (Lipinski definition) is 4. The number of nitrogens with one attached hydrogen (secondary N) is 3. The topological polar surface area (TPSA) is 130 Å². The van der Waals surface area contributed by atoms with Gasteiger partial charge in [-0.3, -0.25) is 19.2 Å². The summed E-state index contributed by atoms with van der Waals surface area (Å²) in [5, 5.41) is 7.85. The van der Waals surface area contributed by atoms with Gasteiger partial charge in [-0.25, -0.2) is 0 Å². The summed E-state index contributed by atoms with van der Waals surface area (Å²) in [7, 11) is 0. The summed E-state index contributed by atoms with van der Waals surface area (Å²) in [6.07, 6.45) is 0.310. The first-order valence-corrected chi connectivity index (χ1v) is 10.9. The SMILES string of the molecule is NC(=O)[C@H](Cc1ccccc1I)NC(=O)C[C@@H]1NC(=O)[C@H](Cc2ccccc2)NC1=O. The van der Waals surface area contributed by atoms with Gasteiger partial charge < -0.3 is 21.7 Å². The van der Waals surface area contributed by atoms with E-state index in [0.29, 0.717) is 6.42 Å². The van der Waals surface area contributed by atoms with E-state index in [9.17, 15) is 19.2 Å². The Bertz CT molecular complexity index is 982. The number of rotatable bonds is 8. The van der Waals surface area contributed by atoms with Crippen LogP contribution in [0.5, 0.6) is 0 Å². The predicted octanol–water partition coefficient (Wildman–Crippen LogP) is 0.420. The third-order valence-electron chi connectivity index (χ3n) is 5.00. The maximum absolute atomic E-state index is 12.5. The number of carbonyl (C=O) groups is 4. The molecule has 1 fully saturated rings. The van der Waals surface area contributed by atoms with E-state index in [-0.39, 0.29) is 18.7 Å². The van der Waals surface area contributed by atoms with Gasteiger partial charge in [0.2, 0.25) is 23.6 Å². The lowest BCUT2D eigenvalue weighted by Gasteiger charge is -2.29. The highest BCUT2D eigenvalue weighted by Gasteiger charge is 2.35. The van der Waals surface area contributed by atoms with Gasteiger partial charge in [-0.05, 0) is 39.8 Å². The highest BCUT2D eigenvalue weighted by molar-refractivity contribution is 14.1. The first-order valence-electron chi connectivity index (χ1n) is 9.80. The van der Waals surface area contributed by atoms with Crippen molar-refractivity contribution in [3.05, 3.63) is 69.3 Å². The monoisotopic (exact) mass is 534 g/mol. The van der Waals surface area contributed by atoms with Crippen molar-refractivity contribution in [1.82, 2.24) is 16.0 Å². The standard InChI is InChI=1S/C22H23IN4O4/c23-15-9-5-4-8-14(15)11-16(20(24)29)25-19(28)12-18-22(31)26-17(21(30)27-18)10-13-6-2-1-3-7-13/h1-9,16-18H,10-12H2,(H2,24,29)(H,25,28)(H,26,31)(H,27,30)/t16-,17-,18-/m0/s1. The molecule has 1 aliphatic rings. The fourth-order valence-corrected chi connectivity index (χ4v) is 3.97. The molecule has 0 unspecified atom stereocenters. The number of primary amides is 1. The molecule has 2 aromatic rings. The molecule has 0 radical (unpaired) electrons. The Balaban J connectivity index is 1.57. The molecule has 2 aromatic carbocycles. The molecule has 0 bridgehead atoms. The van der Waals surface area contributed by atoms with Crippen LogP contribution in [0.4, 0.5) is 0 Å². The molecule has 1 heterocycles. The van der Waals surface area contributed by atoms with Crippen LogP contribution in [0, 0.1) is 3.57 Å². The van der Waals surface area contributed by atoms with Crippen molar-refractivity contribution in [1.29, 1.82) is 0 Å². The quantitative estimate of drug-likeness (QED) is 0.366. The van der Waals surface area contributed by atoms with E-state index in [4.69, 9.17) is 5.73 Å². The Labute approximate surface area is 193 Å². The minimum Gasteiger partial charge on any atom is -0.368 e. The van der Waals surface area contributed by atoms with E-state index in [1.807, 2.05) is 54.6 Å². The Morgan fingerprint density at radius 3 is 2.26 bits per heavy atom. The molecule has 8 nitrogen and oxygen atoms in total. The lowest BCUT2D eigenvalue weighted by molar-refractivity contribution is -0.138. The average Bonchev–Trinajstić information content (AvgIpc) is 2.73. The van der Waals surface area contributed by atoms with Crippen molar-refractivity contribution >= 4 is 46.2 Å².